The van der Waals surface area contributed by atoms with Crippen LogP contribution in [0.3, 0.4) is 0 Å². The number of halogens is 2. The SMILES string of the molecule is OCCCc1c(F)ccc(Cl)c1O. The van der Waals surface area contributed by atoms with Crippen LogP contribution in [0.1, 0.15) is 12.0 Å². The molecule has 0 aromatic heterocycles. The number of phenolic OH excluding ortho intramolecular Hbond substituents is 1. The number of rotatable bonds is 3. The number of aliphatic hydroxyl groups is 1. The van der Waals surface area contributed by atoms with E-state index in [9.17, 15) is 9.50 Å². The van der Waals surface area contributed by atoms with Gasteiger partial charge in [0.2, 0.25) is 0 Å². The van der Waals surface area contributed by atoms with Gasteiger partial charge in [0.05, 0.1) is 5.02 Å². The zero-order valence-electron chi connectivity index (χ0n) is 6.93. The Morgan fingerprint density at radius 1 is 1.38 bits per heavy atom. The molecule has 0 heterocycles. The minimum absolute atomic E-state index is 0.0363. The molecule has 0 aliphatic heterocycles. The molecule has 0 aliphatic rings. The van der Waals surface area contributed by atoms with E-state index in [0.29, 0.717) is 6.42 Å². The molecule has 1 aromatic carbocycles. The molecule has 1 aromatic rings. The van der Waals surface area contributed by atoms with Gasteiger partial charge < -0.3 is 10.2 Å². The molecular weight excluding hydrogens is 195 g/mol. The van der Waals surface area contributed by atoms with E-state index in [4.69, 9.17) is 16.7 Å². The van der Waals surface area contributed by atoms with Gasteiger partial charge in [-0.15, -0.1) is 0 Å². The Labute approximate surface area is 80.6 Å². The monoisotopic (exact) mass is 204 g/mol. The Kier molecular flexibility index (Phi) is 3.51. The Morgan fingerprint density at radius 2 is 2.08 bits per heavy atom. The molecule has 0 aliphatic carbocycles. The summed E-state index contributed by atoms with van der Waals surface area (Å²) < 4.78 is 13.1. The molecule has 0 unspecified atom stereocenters. The van der Waals surface area contributed by atoms with Crippen molar-refractivity contribution in [3.8, 4) is 5.75 Å². The number of aliphatic hydroxyl groups excluding tert-OH is 1. The fraction of sp³-hybridized carbons (Fsp3) is 0.333. The normalized spacial score (nSPS) is 10.4. The Hall–Kier alpha value is -0.800. The van der Waals surface area contributed by atoms with Crippen LogP contribution in [0.25, 0.3) is 0 Å². The van der Waals surface area contributed by atoms with Crippen molar-refractivity contribution < 1.29 is 14.6 Å². The summed E-state index contributed by atoms with van der Waals surface area (Å²) in [4.78, 5) is 0. The van der Waals surface area contributed by atoms with Gasteiger partial charge in [-0.05, 0) is 25.0 Å². The molecule has 1 rings (SSSR count). The highest BCUT2D eigenvalue weighted by molar-refractivity contribution is 6.32. The van der Waals surface area contributed by atoms with E-state index in [1.165, 1.54) is 12.1 Å². The van der Waals surface area contributed by atoms with E-state index in [0.717, 1.165) is 0 Å². The molecule has 2 nitrogen and oxygen atoms in total. The van der Waals surface area contributed by atoms with Gasteiger partial charge in [-0.1, -0.05) is 11.6 Å². The smallest absolute Gasteiger partial charge is 0.140 e. The summed E-state index contributed by atoms with van der Waals surface area (Å²) in [5.74, 6) is -0.717. The molecule has 0 amide bonds. The summed E-state index contributed by atoms with van der Waals surface area (Å²) in [6.45, 7) is -0.0363. The summed E-state index contributed by atoms with van der Waals surface area (Å²) in [5.41, 5.74) is 0.168. The highest BCUT2D eigenvalue weighted by atomic mass is 35.5. The maximum Gasteiger partial charge on any atom is 0.140 e. The topological polar surface area (TPSA) is 40.5 Å². The van der Waals surface area contributed by atoms with E-state index in [2.05, 4.69) is 0 Å². The Morgan fingerprint density at radius 3 is 2.69 bits per heavy atom. The van der Waals surface area contributed by atoms with E-state index >= 15 is 0 Å². The number of hydrogen-bond donors (Lipinski definition) is 2. The van der Waals surface area contributed by atoms with Crippen molar-refractivity contribution >= 4 is 11.6 Å². The highest BCUT2D eigenvalue weighted by Gasteiger charge is 2.10. The van der Waals surface area contributed by atoms with Gasteiger partial charge in [0, 0.05) is 12.2 Å². The lowest BCUT2D eigenvalue weighted by Gasteiger charge is -2.06. The average Bonchev–Trinajstić information content (AvgIpc) is 2.12. The van der Waals surface area contributed by atoms with Crippen LogP contribution in [0.5, 0.6) is 5.75 Å². The first-order valence-electron chi connectivity index (χ1n) is 3.93. The van der Waals surface area contributed by atoms with Gasteiger partial charge in [-0.3, -0.25) is 0 Å². The predicted molar refractivity (Wildman–Crippen MR) is 48.5 cm³/mol. The highest BCUT2D eigenvalue weighted by Crippen LogP contribution is 2.29. The van der Waals surface area contributed by atoms with Crippen LogP contribution in [0.4, 0.5) is 4.39 Å². The molecular formula is C9H10ClFO2. The molecule has 72 valence electrons. The minimum atomic E-state index is -0.490. The van der Waals surface area contributed by atoms with Crippen molar-refractivity contribution in [1.82, 2.24) is 0 Å². The summed E-state index contributed by atoms with van der Waals surface area (Å²) in [6.07, 6.45) is 0.694. The van der Waals surface area contributed by atoms with Gasteiger partial charge in [0.25, 0.3) is 0 Å². The zero-order chi connectivity index (χ0) is 9.84. The second-order valence-electron chi connectivity index (χ2n) is 2.68. The van der Waals surface area contributed by atoms with E-state index in [1.807, 2.05) is 0 Å². The van der Waals surface area contributed by atoms with Crippen molar-refractivity contribution in [2.45, 2.75) is 12.8 Å². The fourth-order valence-electron chi connectivity index (χ4n) is 1.08. The molecule has 0 saturated heterocycles. The predicted octanol–water partition coefficient (Wildman–Crippen LogP) is 2.11. The van der Waals surface area contributed by atoms with Crippen LogP contribution in [-0.2, 0) is 6.42 Å². The first kappa shape index (κ1) is 10.3. The quantitative estimate of drug-likeness (QED) is 0.792. The third-order valence-corrected chi connectivity index (χ3v) is 2.07. The van der Waals surface area contributed by atoms with E-state index < -0.39 is 5.82 Å². The second kappa shape index (κ2) is 4.44. The number of phenols is 1. The van der Waals surface area contributed by atoms with Gasteiger partial charge >= 0.3 is 0 Å². The fourth-order valence-corrected chi connectivity index (χ4v) is 1.25. The van der Waals surface area contributed by atoms with Crippen molar-refractivity contribution in [3.05, 3.63) is 28.5 Å². The van der Waals surface area contributed by atoms with Crippen LogP contribution < -0.4 is 0 Å². The van der Waals surface area contributed by atoms with Crippen LogP contribution in [0, 0.1) is 5.82 Å². The largest absolute Gasteiger partial charge is 0.506 e. The lowest BCUT2D eigenvalue weighted by molar-refractivity contribution is 0.287. The lowest BCUT2D eigenvalue weighted by Crippen LogP contribution is -1.94. The number of aromatic hydroxyl groups is 1. The van der Waals surface area contributed by atoms with Crippen molar-refractivity contribution in [3.63, 3.8) is 0 Å². The number of benzene rings is 1. The van der Waals surface area contributed by atoms with Crippen LogP contribution in [0.15, 0.2) is 12.1 Å². The van der Waals surface area contributed by atoms with Crippen LogP contribution in [0.2, 0.25) is 5.02 Å². The molecule has 0 atom stereocenters. The number of hydrogen-bond acceptors (Lipinski definition) is 2. The first-order valence-corrected chi connectivity index (χ1v) is 4.31. The zero-order valence-corrected chi connectivity index (χ0v) is 7.68. The summed E-state index contributed by atoms with van der Waals surface area (Å²) in [6, 6.07) is 2.50. The maximum absolute atomic E-state index is 13.1. The summed E-state index contributed by atoms with van der Waals surface area (Å²) >= 11 is 5.59. The van der Waals surface area contributed by atoms with E-state index in [1.54, 1.807) is 0 Å². The van der Waals surface area contributed by atoms with Crippen molar-refractivity contribution in [2.24, 2.45) is 0 Å². The molecule has 13 heavy (non-hydrogen) atoms. The first-order chi connectivity index (χ1) is 6.16. The van der Waals surface area contributed by atoms with Gasteiger partial charge in [0.15, 0.2) is 0 Å². The van der Waals surface area contributed by atoms with Gasteiger partial charge in [0.1, 0.15) is 11.6 Å². The molecule has 0 spiro atoms. The minimum Gasteiger partial charge on any atom is -0.506 e. The molecule has 0 bridgehead atoms. The van der Waals surface area contributed by atoms with Gasteiger partial charge in [-0.2, -0.15) is 0 Å². The van der Waals surface area contributed by atoms with Crippen molar-refractivity contribution in [1.29, 1.82) is 0 Å². The van der Waals surface area contributed by atoms with Crippen LogP contribution >= 0.6 is 11.6 Å². The maximum atomic E-state index is 13.1. The van der Waals surface area contributed by atoms with Gasteiger partial charge in [-0.25, -0.2) is 4.39 Å². The van der Waals surface area contributed by atoms with E-state index in [-0.39, 0.29) is 29.4 Å². The molecule has 2 N–H and O–H groups in total. The molecule has 0 fully saturated rings. The third kappa shape index (κ3) is 2.32. The Bertz CT molecular complexity index is 302. The summed E-state index contributed by atoms with van der Waals surface area (Å²) in [5, 5.41) is 18.0. The summed E-state index contributed by atoms with van der Waals surface area (Å²) in [7, 11) is 0. The second-order valence-corrected chi connectivity index (χ2v) is 3.09. The standard InChI is InChI=1S/C9H10ClFO2/c10-7-3-4-8(11)6(9(7)13)2-1-5-12/h3-4,12-13H,1-2,5H2. The Balaban J connectivity index is 2.96. The lowest BCUT2D eigenvalue weighted by atomic mass is 10.1. The van der Waals surface area contributed by atoms with Crippen LogP contribution in [-0.4, -0.2) is 16.8 Å². The molecule has 0 saturated carbocycles. The molecule has 0 radical (unpaired) electrons. The average molecular weight is 205 g/mol. The van der Waals surface area contributed by atoms with Crippen molar-refractivity contribution in [2.75, 3.05) is 6.61 Å². The third-order valence-electron chi connectivity index (χ3n) is 1.76. The molecule has 4 heteroatoms.